The normalized spacial score (nSPS) is 21.6. The number of piperazine rings is 1. The Morgan fingerprint density at radius 2 is 1.57 bits per heavy atom. The number of hydrogen-bond donors (Lipinski definition) is 0. The zero-order chi connectivity index (χ0) is 20.5. The molecule has 2 unspecified atom stereocenters. The van der Waals surface area contributed by atoms with E-state index < -0.39 is 10.0 Å². The minimum Gasteiger partial charge on any atom is -0.495 e. The summed E-state index contributed by atoms with van der Waals surface area (Å²) in [5.41, 5.74) is 3.21. The molecule has 2 aromatic rings. The summed E-state index contributed by atoms with van der Waals surface area (Å²) in [6, 6.07) is 14.1. The van der Waals surface area contributed by atoms with Crippen molar-refractivity contribution in [1.82, 2.24) is 9.21 Å². The minimum atomic E-state index is -3.62. The molecule has 0 radical (unpaired) electrons. The van der Waals surface area contributed by atoms with Crippen LogP contribution in [0.4, 0.5) is 0 Å². The molecule has 0 spiro atoms. The summed E-state index contributed by atoms with van der Waals surface area (Å²) < 4.78 is 33.8. The van der Waals surface area contributed by atoms with Crippen LogP contribution in [0.2, 0.25) is 0 Å². The second-order valence-electron chi connectivity index (χ2n) is 7.77. The number of hydrogen-bond acceptors (Lipinski definition) is 4. The van der Waals surface area contributed by atoms with Crippen LogP contribution in [0, 0.1) is 13.8 Å². The lowest BCUT2D eigenvalue weighted by molar-refractivity contribution is 0.0698. The Morgan fingerprint density at radius 1 is 1.00 bits per heavy atom. The van der Waals surface area contributed by atoms with Crippen LogP contribution in [-0.2, 0) is 16.6 Å². The van der Waals surface area contributed by atoms with Crippen LogP contribution in [0.3, 0.4) is 0 Å². The maximum absolute atomic E-state index is 13.4. The number of benzene rings is 2. The molecule has 0 amide bonds. The van der Waals surface area contributed by atoms with Gasteiger partial charge in [-0.2, -0.15) is 4.31 Å². The summed E-state index contributed by atoms with van der Waals surface area (Å²) in [4.78, 5) is 2.63. The first-order valence-corrected chi connectivity index (χ1v) is 11.1. The Hall–Kier alpha value is -1.89. The lowest BCUT2D eigenvalue weighted by Crippen LogP contribution is -2.57. The largest absolute Gasteiger partial charge is 0.495 e. The molecule has 6 heteroatoms. The first-order valence-electron chi connectivity index (χ1n) is 9.69. The molecule has 5 nitrogen and oxygen atoms in total. The molecule has 28 heavy (non-hydrogen) atoms. The van der Waals surface area contributed by atoms with Gasteiger partial charge >= 0.3 is 0 Å². The van der Waals surface area contributed by atoms with Crippen molar-refractivity contribution in [2.24, 2.45) is 0 Å². The summed E-state index contributed by atoms with van der Waals surface area (Å²) in [6.07, 6.45) is 0. The average Bonchev–Trinajstić information content (AvgIpc) is 2.67. The number of rotatable bonds is 5. The Kier molecular flexibility index (Phi) is 6.12. The third-order valence-corrected chi connectivity index (χ3v) is 7.53. The SMILES string of the molecule is COc1cc(C)c(C)cc1S(=O)(=O)N1CC(C)N(Cc2ccccc2)C(C)C1. The van der Waals surface area contributed by atoms with Gasteiger partial charge in [0.05, 0.1) is 7.11 Å². The van der Waals surface area contributed by atoms with E-state index in [4.69, 9.17) is 4.74 Å². The summed E-state index contributed by atoms with van der Waals surface area (Å²) in [5, 5.41) is 0. The first kappa shape index (κ1) is 20.8. The van der Waals surface area contributed by atoms with Crippen molar-refractivity contribution in [1.29, 1.82) is 0 Å². The van der Waals surface area contributed by atoms with E-state index in [0.717, 1.165) is 17.7 Å². The molecule has 3 rings (SSSR count). The van der Waals surface area contributed by atoms with E-state index in [1.165, 1.54) is 12.7 Å². The van der Waals surface area contributed by atoms with Gasteiger partial charge < -0.3 is 4.74 Å². The number of methoxy groups -OCH3 is 1. The van der Waals surface area contributed by atoms with Crippen molar-refractivity contribution in [3.63, 3.8) is 0 Å². The fraction of sp³-hybridized carbons (Fsp3) is 0.455. The molecule has 1 heterocycles. The number of nitrogens with zero attached hydrogens (tertiary/aromatic N) is 2. The highest BCUT2D eigenvalue weighted by Crippen LogP contribution is 2.32. The Morgan fingerprint density at radius 3 is 2.14 bits per heavy atom. The van der Waals surface area contributed by atoms with E-state index in [-0.39, 0.29) is 17.0 Å². The van der Waals surface area contributed by atoms with E-state index in [2.05, 4.69) is 30.9 Å². The van der Waals surface area contributed by atoms with Gasteiger partial charge in [-0.05, 0) is 56.5 Å². The van der Waals surface area contributed by atoms with Crippen LogP contribution >= 0.6 is 0 Å². The maximum atomic E-state index is 13.4. The van der Waals surface area contributed by atoms with Crippen LogP contribution in [0.5, 0.6) is 5.75 Å². The fourth-order valence-electron chi connectivity index (χ4n) is 3.87. The molecule has 0 aliphatic carbocycles. The smallest absolute Gasteiger partial charge is 0.246 e. The molecule has 0 N–H and O–H groups in total. The molecule has 2 aromatic carbocycles. The third-order valence-electron chi connectivity index (χ3n) is 5.67. The van der Waals surface area contributed by atoms with Gasteiger partial charge in [-0.25, -0.2) is 8.42 Å². The highest BCUT2D eigenvalue weighted by atomic mass is 32.2. The number of ether oxygens (including phenoxy) is 1. The maximum Gasteiger partial charge on any atom is 0.246 e. The van der Waals surface area contributed by atoms with Crippen LogP contribution in [0.1, 0.15) is 30.5 Å². The average molecular weight is 403 g/mol. The Labute approximate surface area is 169 Å². The van der Waals surface area contributed by atoms with E-state index in [9.17, 15) is 8.42 Å². The Bertz CT molecular complexity index is 916. The molecule has 1 saturated heterocycles. The molecule has 2 atom stereocenters. The molecule has 1 aliphatic rings. The lowest BCUT2D eigenvalue weighted by Gasteiger charge is -2.44. The molecular formula is C22H30N2O3S. The minimum absolute atomic E-state index is 0.122. The lowest BCUT2D eigenvalue weighted by atomic mass is 10.1. The fourth-order valence-corrected chi connectivity index (χ4v) is 5.70. The third kappa shape index (κ3) is 4.09. The van der Waals surface area contributed by atoms with E-state index in [1.54, 1.807) is 16.4 Å². The summed E-state index contributed by atoms with van der Waals surface area (Å²) >= 11 is 0. The topological polar surface area (TPSA) is 49.9 Å². The van der Waals surface area contributed by atoms with Gasteiger partial charge in [0.1, 0.15) is 10.6 Å². The van der Waals surface area contributed by atoms with Gasteiger partial charge in [0.2, 0.25) is 10.0 Å². The second-order valence-corrected chi connectivity index (χ2v) is 9.67. The zero-order valence-electron chi connectivity index (χ0n) is 17.3. The second kappa shape index (κ2) is 8.23. The van der Waals surface area contributed by atoms with Crippen molar-refractivity contribution in [2.45, 2.75) is 51.2 Å². The summed E-state index contributed by atoms with van der Waals surface area (Å²) in [7, 11) is -2.10. The summed E-state index contributed by atoms with van der Waals surface area (Å²) in [6.45, 7) is 9.84. The van der Waals surface area contributed by atoms with Crippen LogP contribution in [-0.4, -0.2) is 49.9 Å². The predicted molar refractivity (Wildman–Crippen MR) is 112 cm³/mol. The molecule has 152 valence electrons. The standard InChI is InChI=1S/C22H30N2O3S/c1-16-11-21(27-5)22(12-17(16)2)28(25,26)23-13-18(3)24(19(4)14-23)15-20-9-7-6-8-10-20/h6-12,18-19H,13-15H2,1-5H3. The van der Waals surface area contributed by atoms with Gasteiger partial charge in [0.15, 0.2) is 0 Å². The van der Waals surface area contributed by atoms with Crippen LogP contribution < -0.4 is 4.74 Å². The van der Waals surface area contributed by atoms with Crippen molar-refractivity contribution in [3.05, 3.63) is 59.2 Å². The van der Waals surface area contributed by atoms with Gasteiger partial charge in [-0.3, -0.25) is 4.90 Å². The van der Waals surface area contributed by atoms with E-state index >= 15 is 0 Å². The molecule has 0 aromatic heterocycles. The molecule has 0 saturated carbocycles. The zero-order valence-corrected chi connectivity index (χ0v) is 18.2. The van der Waals surface area contributed by atoms with Gasteiger partial charge in [0.25, 0.3) is 0 Å². The van der Waals surface area contributed by atoms with Crippen LogP contribution in [0.25, 0.3) is 0 Å². The molecule has 1 fully saturated rings. The number of aryl methyl sites for hydroxylation is 2. The highest BCUT2D eigenvalue weighted by Gasteiger charge is 2.37. The molecule has 1 aliphatic heterocycles. The first-order chi connectivity index (χ1) is 13.2. The highest BCUT2D eigenvalue weighted by molar-refractivity contribution is 7.89. The predicted octanol–water partition coefficient (Wildman–Crippen LogP) is 3.60. The molecular weight excluding hydrogens is 372 g/mol. The van der Waals surface area contributed by atoms with Crippen molar-refractivity contribution in [3.8, 4) is 5.75 Å². The van der Waals surface area contributed by atoms with E-state index in [0.29, 0.717) is 18.8 Å². The Balaban J connectivity index is 1.85. The van der Waals surface area contributed by atoms with E-state index in [1.807, 2.05) is 32.0 Å². The van der Waals surface area contributed by atoms with Gasteiger partial charge in [-0.1, -0.05) is 30.3 Å². The van der Waals surface area contributed by atoms with Crippen molar-refractivity contribution < 1.29 is 13.2 Å². The molecule has 0 bridgehead atoms. The van der Waals surface area contributed by atoms with Gasteiger partial charge in [0, 0.05) is 31.7 Å². The monoisotopic (exact) mass is 402 g/mol. The van der Waals surface area contributed by atoms with Crippen LogP contribution in [0.15, 0.2) is 47.4 Å². The van der Waals surface area contributed by atoms with Gasteiger partial charge in [-0.15, -0.1) is 0 Å². The summed E-state index contributed by atoms with van der Waals surface area (Å²) in [5.74, 6) is 0.412. The van der Waals surface area contributed by atoms with Crippen molar-refractivity contribution in [2.75, 3.05) is 20.2 Å². The van der Waals surface area contributed by atoms with Crippen molar-refractivity contribution >= 4 is 10.0 Å². The number of sulfonamides is 1. The quantitative estimate of drug-likeness (QED) is 0.767.